The first-order valence-corrected chi connectivity index (χ1v) is 12.6. The summed E-state index contributed by atoms with van der Waals surface area (Å²) in [7, 11) is -3.42. The summed E-state index contributed by atoms with van der Waals surface area (Å²) < 4.78 is 34.0. The molecular formula is C22H35N3O5S. The molecule has 0 bridgehead atoms. The van der Waals surface area contributed by atoms with E-state index in [-0.39, 0.29) is 5.75 Å². The van der Waals surface area contributed by atoms with E-state index in [0.29, 0.717) is 51.3 Å². The molecule has 1 aromatic rings. The van der Waals surface area contributed by atoms with Crippen LogP contribution in [-0.2, 0) is 20.4 Å². The van der Waals surface area contributed by atoms with E-state index in [2.05, 4.69) is 23.9 Å². The normalized spacial score (nSPS) is 14.8. The molecule has 0 aromatic heterocycles. The molecule has 1 aliphatic carbocycles. The number of sulfonamides is 1. The van der Waals surface area contributed by atoms with E-state index in [1.54, 1.807) is 0 Å². The fourth-order valence-corrected chi connectivity index (χ4v) is 4.99. The zero-order chi connectivity index (χ0) is 22.9. The van der Waals surface area contributed by atoms with Crippen molar-refractivity contribution in [2.75, 3.05) is 25.4 Å². The molecule has 8 nitrogen and oxygen atoms in total. The van der Waals surface area contributed by atoms with Crippen molar-refractivity contribution in [2.24, 2.45) is 5.92 Å². The van der Waals surface area contributed by atoms with Crippen LogP contribution in [0.5, 0.6) is 5.75 Å². The zero-order valence-electron chi connectivity index (χ0n) is 18.7. The van der Waals surface area contributed by atoms with E-state index in [1.807, 2.05) is 31.2 Å². The van der Waals surface area contributed by atoms with Gasteiger partial charge in [0.15, 0.2) is 0 Å². The van der Waals surface area contributed by atoms with Crippen LogP contribution in [-0.4, -0.2) is 51.2 Å². The largest absolute Gasteiger partial charge is 0.493 e. The number of hydrogen-bond donors (Lipinski definition) is 2. The molecule has 1 saturated carbocycles. The zero-order valence-corrected chi connectivity index (χ0v) is 19.5. The number of hydrogen-bond acceptors (Lipinski definition) is 5. The van der Waals surface area contributed by atoms with Crippen molar-refractivity contribution in [1.82, 2.24) is 14.9 Å². The Labute approximate surface area is 185 Å². The first kappa shape index (κ1) is 25.1. The minimum absolute atomic E-state index is 0.0466. The van der Waals surface area contributed by atoms with Crippen LogP contribution in [0.1, 0.15) is 58.4 Å². The molecule has 0 aliphatic heterocycles. The molecule has 0 unspecified atom stereocenters. The van der Waals surface area contributed by atoms with Gasteiger partial charge in [-0.15, -0.1) is 0 Å². The number of urea groups is 1. The van der Waals surface area contributed by atoms with Gasteiger partial charge in [-0.1, -0.05) is 32.4 Å². The number of carbonyl (C=O) groups is 2. The standard InChI is InChI=1S/C22H35N3O5S/c1-4-25(21(27)23-17-26)13-6-5-7-14-31(28,29)24-22(11-12-22)19-9-8-10-20(15-19)30-16-18(2)3/h8-10,15,17-18,24H,4-7,11-14,16H2,1-3H3,(H,23,26,27). The molecule has 174 valence electrons. The van der Waals surface area contributed by atoms with Gasteiger partial charge >= 0.3 is 6.03 Å². The molecule has 9 heteroatoms. The minimum atomic E-state index is -3.42. The van der Waals surface area contributed by atoms with Gasteiger partial charge in [-0.2, -0.15) is 0 Å². The highest BCUT2D eigenvalue weighted by Gasteiger charge is 2.47. The van der Waals surface area contributed by atoms with E-state index in [9.17, 15) is 18.0 Å². The third kappa shape index (κ3) is 8.14. The number of imide groups is 1. The van der Waals surface area contributed by atoms with Crippen LogP contribution in [0.3, 0.4) is 0 Å². The molecule has 2 N–H and O–H groups in total. The maximum atomic E-state index is 12.7. The Bertz CT molecular complexity index is 837. The Morgan fingerprint density at radius 1 is 1.26 bits per heavy atom. The van der Waals surface area contributed by atoms with Crippen molar-refractivity contribution in [3.63, 3.8) is 0 Å². The first-order chi connectivity index (χ1) is 14.7. The van der Waals surface area contributed by atoms with Crippen LogP contribution in [0, 0.1) is 5.92 Å². The summed E-state index contributed by atoms with van der Waals surface area (Å²) in [6.45, 7) is 7.59. The quantitative estimate of drug-likeness (QED) is 0.333. The van der Waals surface area contributed by atoms with Gasteiger partial charge in [0.2, 0.25) is 16.4 Å². The molecule has 0 saturated heterocycles. The van der Waals surface area contributed by atoms with Gasteiger partial charge in [-0.25, -0.2) is 17.9 Å². The molecule has 1 aliphatic rings. The highest BCUT2D eigenvalue weighted by Crippen LogP contribution is 2.46. The second-order valence-electron chi connectivity index (χ2n) is 8.44. The monoisotopic (exact) mass is 453 g/mol. The number of carbonyl (C=O) groups excluding carboxylic acids is 2. The fraction of sp³-hybridized carbons (Fsp3) is 0.636. The van der Waals surface area contributed by atoms with Gasteiger partial charge in [0.1, 0.15) is 5.75 Å². The van der Waals surface area contributed by atoms with Crippen molar-refractivity contribution in [2.45, 2.75) is 58.4 Å². The van der Waals surface area contributed by atoms with Gasteiger partial charge in [0, 0.05) is 13.1 Å². The molecule has 31 heavy (non-hydrogen) atoms. The van der Waals surface area contributed by atoms with E-state index in [1.165, 1.54) is 4.90 Å². The summed E-state index contributed by atoms with van der Waals surface area (Å²) in [6.07, 6.45) is 3.78. The van der Waals surface area contributed by atoms with Crippen LogP contribution in [0.4, 0.5) is 4.79 Å². The lowest BCUT2D eigenvalue weighted by molar-refractivity contribution is -0.108. The Morgan fingerprint density at radius 2 is 2.00 bits per heavy atom. The SMILES string of the molecule is CCN(CCCCCS(=O)(=O)NC1(c2cccc(OCC(C)C)c2)CC1)C(=O)NC=O. The Balaban J connectivity index is 1.82. The summed E-state index contributed by atoms with van der Waals surface area (Å²) in [5.74, 6) is 1.22. The first-order valence-electron chi connectivity index (χ1n) is 11.0. The number of benzene rings is 1. The van der Waals surface area contributed by atoms with Crippen molar-refractivity contribution in [3.05, 3.63) is 29.8 Å². The van der Waals surface area contributed by atoms with Gasteiger partial charge in [-0.05, 0) is 56.2 Å². The van der Waals surface area contributed by atoms with Crippen molar-refractivity contribution >= 4 is 22.5 Å². The van der Waals surface area contributed by atoms with E-state index in [0.717, 1.165) is 24.2 Å². The number of nitrogens with zero attached hydrogens (tertiary/aromatic N) is 1. The summed E-state index contributed by atoms with van der Waals surface area (Å²) in [5, 5.41) is 2.12. The minimum Gasteiger partial charge on any atom is -0.493 e. The number of rotatable bonds is 14. The molecule has 1 fully saturated rings. The van der Waals surface area contributed by atoms with E-state index < -0.39 is 21.6 Å². The van der Waals surface area contributed by atoms with Crippen LogP contribution < -0.4 is 14.8 Å². The van der Waals surface area contributed by atoms with E-state index >= 15 is 0 Å². The van der Waals surface area contributed by atoms with Crippen LogP contribution in [0.2, 0.25) is 0 Å². The summed E-state index contributed by atoms with van der Waals surface area (Å²) in [6, 6.07) is 7.25. The third-order valence-electron chi connectivity index (χ3n) is 5.26. The molecule has 0 radical (unpaired) electrons. The Kier molecular flexibility index (Phi) is 9.31. The van der Waals surface area contributed by atoms with Crippen LogP contribution in [0.25, 0.3) is 0 Å². The number of ether oxygens (including phenoxy) is 1. The lowest BCUT2D eigenvalue weighted by Gasteiger charge is -2.20. The highest BCUT2D eigenvalue weighted by molar-refractivity contribution is 7.89. The molecule has 1 aromatic carbocycles. The molecular weight excluding hydrogens is 418 g/mol. The summed E-state index contributed by atoms with van der Waals surface area (Å²) in [5.41, 5.74) is 0.416. The van der Waals surface area contributed by atoms with Crippen LogP contribution >= 0.6 is 0 Å². The van der Waals surface area contributed by atoms with Gasteiger partial charge < -0.3 is 9.64 Å². The lowest BCUT2D eigenvalue weighted by atomic mass is 10.1. The second kappa shape index (κ2) is 11.5. The highest BCUT2D eigenvalue weighted by atomic mass is 32.2. The van der Waals surface area contributed by atoms with Crippen molar-refractivity contribution in [3.8, 4) is 5.75 Å². The van der Waals surface area contributed by atoms with Crippen LogP contribution in [0.15, 0.2) is 24.3 Å². The Hall–Kier alpha value is -2.13. The second-order valence-corrected chi connectivity index (χ2v) is 10.3. The van der Waals surface area contributed by atoms with Crippen molar-refractivity contribution in [1.29, 1.82) is 0 Å². The predicted molar refractivity (Wildman–Crippen MR) is 120 cm³/mol. The summed E-state index contributed by atoms with van der Waals surface area (Å²) in [4.78, 5) is 23.6. The number of nitrogens with one attached hydrogen (secondary N) is 2. The fourth-order valence-electron chi connectivity index (χ4n) is 3.39. The van der Waals surface area contributed by atoms with Gasteiger partial charge in [-0.3, -0.25) is 10.1 Å². The number of amides is 3. The molecule has 3 amide bonds. The predicted octanol–water partition coefficient (Wildman–Crippen LogP) is 2.99. The molecule has 0 spiro atoms. The van der Waals surface area contributed by atoms with Gasteiger partial charge in [0.05, 0.1) is 17.9 Å². The van der Waals surface area contributed by atoms with Crippen molar-refractivity contribution < 1.29 is 22.7 Å². The smallest absolute Gasteiger partial charge is 0.323 e. The molecule has 2 rings (SSSR count). The lowest BCUT2D eigenvalue weighted by Crippen LogP contribution is -2.39. The van der Waals surface area contributed by atoms with E-state index in [4.69, 9.17) is 4.74 Å². The Morgan fingerprint density at radius 3 is 2.61 bits per heavy atom. The average molecular weight is 454 g/mol. The number of unbranched alkanes of at least 4 members (excludes halogenated alkanes) is 2. The average Bonchev–Trinajstić information content (AvgIpc) is 3.49. The molecule has 0 heterocycles. The molecule has 0 atom stereocenters. The summed E-state index contributed by atoms with van der Waals surface area (Å²) >= 11 is 0. The maximum absolute atomic E-state index is 12.7. The topological polar surface area (TPSA) is 105 Å². The van der Waals surface area contributed by atoms with Gasteiger partial charge in [0.25, 0.3) is 0 Å². The maximum Gasteiger partial charge on any atom is 0.323 e. The third-order valence-corrected chi connectivity index (χ3v) is 6.79.